The minimum Gasteiger partial charge on any atom is -0.497 e. The van der Waals surface area contributed by atoms with Crippen LogP contribution in [0.1, 0.15) is 54.6 Å². The molecule has 1 N–H and O–H groups in total. The van der Waals surface area contributed by atoms with Crippen molar-refractivity contribution in [3.8, 4) is 11.5 Å². The van der Waals surface area contributed by atoms with Gasteiger partial charge in [-0.3, -0.25) is 14.9 Å². The SMILES string of the molecule is C1CCOCC1.CC.COc1ccc(CNc2c([N+](=O)[O-])cnc3ccc(C(F)(F)C(=O)c4ccccc4)cc23)c(OC)c1. The van der Waals surface area contributed by atoms with Crippen LogP contribution in [-0.4, -0.2) is 43.1 Å². The summed E-state index contributed by atoms with van der Waals surface area (Å²) in [6.07, 6.45) is 4.99. The van der Waals surface area contributed by atoms with E-state index < -0.39 is 27.9 Å². The van der Waals surface area contributed by atoms with Crippen molar-refractivity contribution in [2.75, 3.05) is 32.8 Å². The number of nitrogens with one attached hydrogen (secondary N) is 1. The average molecular weight is 610 g/mol. The van der Waals surface area contributed by atoms with Crippen LogP contribution in [0.25, 0.3) is 10.9 Å². The van der Waals surface area contributed by atoms with E-state index in [4.69, 9.17) is 14.2 Å². The summed E-state index contributed by atoms with van der Waals surface area (Å²) in [4.78, 5) is 27.7. The van der Waals surface area contributed by atoms with Crippen molar-refractivity contribution >= 4 is 28.1 Å². The van der Waals surface area contributed by atoms with Crippen LogP contribution in [-0.2, 0) is 17.2 Å². The summed E-state index contributed by atoms with van der Waals surface area (Å²) in [7, 11) is 2.98. The van der Waals surface area contributed by atoms with Crippen molar-refractivity contribution in [3.63, 3.8) is 0 Å². The average Bonchev–Trinajstić information content (AvgIpc) is 3.08. The van der Waals surface area contributed by atoms with E-state index >= 15 is 8.78 Å². The highest BCUT2D eigenvalue weighted by Gasteiger charge is 2.41. The number of hydrogen-bond acceptors (Lipinski definition) is 8. The molecule has 0 radical (unpaired) electrons. The number of methoxy groups -OCH3 is 2. The molecule has 1 aromatic heterocycles. The summed E-state index contributed by atoms with van der Waals surface area (Å²) in [6, 6.07) is 15.7. The zero-order valence-corrected chi connectivity index (χ0v) is 25.3. The largest absolute Gasteiger partial charge is 0.497 e. The van der Waals surface area contributed by atoms with E-state index in [1.807, 2.05) is 13.8 Å². The third-order valence-corrected chi connectivity index (χ3v) is 6.76. The van der Waals surface area contributed by atoms with E-state index in [1.54, 1.807) is 24.3 Å². The second-order valence-corrected chi connectivity index (χ2v) is 9.48. The van der Waals surface area contributed by atoms with E-state index in [-0.39, 0.29) is 28.7 Å². The molecule has 9 nitrogen and oxygen atoms in total. The number of pyridine rings is 1. The zero-order valence-electron chi connectivity index (χ0n) is 25.3. The molecule has 11 heteroatoms. The normalized spacial score (nSPS) is 12.6. The smallest absolute Gasteiger partial charge is 0.334 e. The Bertz CT molecular complexity index is 1530. The van der Waals surface area contributed by atoms with Crippen molar-refractivity contribution in [1.29, 1.82) is 0 Å². The number of halogens is 2. The van der Waals surface area contributed by atoms with E-state index in [2.05, 4.69) is 10.3 Å². The second-order valence-electron chi connectivity index (χ2n) is 9.48. The van der Waals surface area contributed by atoms with Crippen molar-refractivity contribution in [2.24, 2.45) is 0 Å². The molecule has 0 saturated carbocycles. The van der Waals surface area contributed by atoms with E-state index in [0.29, 0.717) is 17.1 Å². The molecule has 4 aromatic rings. The Morgan fingerprint density at radius 1 is 1.00 bits per heavy atom. The molecular formula is C33H37F2N3O6. The molecule has 5 rings (SSSR count). The number of ketones is 1. The van der Waals surface area contributed by atoms with E-state index in [9.17, 15) is 14.9 Å². The van der Waals surface area contributed by atoms with Gasteiger partial charge in [0.1, 0.15) is 23.4 Å². The van der Waals surface area contributed by atoms with E-state index in [0.717, 1.165) is 31.5 Å². The molecule has 1 aliphatic rings. The fourth-order valence-electron chi connectivity index (χ4n) is 4.47. The fourth-order valence-corrected chi connectivity index (χ4v) is 4.47. The molecule has 0 amide bonds. The summed E-state index contributed by atoms with van der Waals surface area (Å²) in [5, 5.41) is 14.8. The maximum absolute atomic E-state index is 15.2. The molecule has 0 atom stereocenters. The third-order valence-electron chi connectivity index (χ3n) is 6.76. The van der Waals surface area contributed by atoms with Gasteiger partial charge in [0.25, 0.3) is 0 Å². The van der Waals surface area contributed by atoms with Gasteiger partial charge in [-0.15, -0.1) is 0 Å². The van der Waals surface area contributed by atoms with Gasteiger partial charge in [0, 0.05) is 47.9 Å². The monoisotopic (exact) mass is 609 g/mol. The highest BCUT2D eigenvalue weighted by molar-refractivity contribution is 6.03. The van der Waals surface area contributed by atoms with Gasteiger partial charge in [0.05, 0.1) is 24.7 Å². The highest BCUT2D eigenvalue weighted by Crippen LogP contribution is 2.38. The van der Waals surface area contributed by atoms with Crippen LogP contribution in [0.2, 0.25) is 0 Å². The first-order chi connectivity index (χ1) is 21.3. The van der Waals surface area contributed by atoms with Crippen LogP contribution in [0.5, 0.6) is 11.5 Å². The Morgan fingerprint density at radius 2 is 1.70 bits per heavy atom. The molecule has 0 spiro atoms. The predicted molar refractivity (Wildman–Crippen MR) is 166 cm³/mol. The quantitative estimate of drug-likeness (QED) is 0.116. The lowest BCUT2D eigenvalue weighted by molar-refractivity contribution is -0.384. The molecule has 0 bridgehead atoms. The molecule has 1 aliphatic heterocycles. The number of carbonyl (C=O) groups is 1. The van der Waals surface area contributed by atoms with Gasteiger partial charge in [-0.2, -0.15) is 8.78 Å². The first-order valence-electron chi connectivity index (χ1n) is 14.3. The van der Waals surface area contributed by atoms with Gasteiger partial charge in [0.15, 0.2) is 0 Å². The van der Waals surface area contributed by atoms with Crippen LogP contribution in [0.3, 0.4) is 0 Å². The Hall–Kier alpha value is -4.64. The Labute approximate surface area is 255 Å². The lowest BCUT2D eigenvalue weighted by Gasteiger charge is -2.17. The molecule has 3 aromatic carbocycles. The van der Waals surface area contributed by atoms with Crippen molar-refractivity contribution in [3.05, 3.63) is 99.7 Å². The standard InChI is InChI=1S/C26H21F2N3O5.C5H10O.C2H6/c1-35-19-10-8-17(23(13-19)36-2)14-30-24-20-12-18(9-11-21(20)29-15-22(24)31(33)34)26(27,28)25(32)16-6-4-3-5-7-16;1-2-4-6-5-3-1;1-2/h3-13,15H,14H2,1-2H3,(H,29,30);1-5H2;1-2H3. The number of nitro groups is 1. The number of benzene rings is 3. The zero-order chi connectivity index (χ0) is 32.1. The number of nitrogens with zero attached hydrogens (tertiary/aromatic N) is 2. The molecule has 0 unspecified atom stereocenters. The number of carbonyl (C=O) groups excluding carboxylic acids is 1. The number of aromatic nitrogens is 1. The van der Waals surface area contributed by atoms with Crippen LogP contribution >= 0.6 is 0 Å². The maximum atomic E-state index is 15.2. The summed E-state index contributed by atoms with van der Waals surface area (Å²) in [5.41, 5.74) is -0.256. The lowest BCUT2D eigenvalue weighted by atomic mass is 9.97. The summed E-state index contributed by atoms with van der Waals surface area (Å²) >= 11 is 0. The number of anilines is 1. The number of hydrogen-bond donors (Lipinski definition) is 1. The van der Waals surface area contributed by atoms with Crippen molar-refractivity contribution < 1.29 is 32.7 Å². The van der Waals surface area contributed by atoms with Crippen LogP contribution in [0.15, 0.2) is 72.9 Å². The van der Waals surface area contributed by atoms with Gasteiger partial charge in [-0.1, -0.05) is 50.2 Å². The van der Waals surface area contributed by atoms with Crippen molar-refractivity contribution in [1.82, 2.24) is 4.98 Å². The second kappa shape index (κ2) is 16.3. The minimum absolute atomic E-state index is 0.00678. The number of Topliss-reactive ketones (excluding diaryl/α,β-unsaturated/α-hetero) is 1. The number of rotatable bonds is 9. The number of alkyl halides is 2. The molecule has 0 aliphatic carbocycles. The summed E-state index contributed by atoms with van der Waals surface area (Å²) in [6.45, 7) is 6.08. The number of fused-ring (bicyclic) bond motifs is 1. The first kappa shape index (κ1) is 33.9. The van der Waals surface area contributed by atoms with Gasteiger partial charge >= 0.3 is 11.6 Å². The number of ether oxygens (including phenoxy) is 3. The topological polar surface area (TPSA) is 113 Å². The van der Waals surface area contributed by atoms with Crippen LogP contribution in [0.4, 0.5) is 20.2 Å². The van der Waals surface area contributed by atoms with Gasteiger partial charge in [-0.05, 0) is 43.5 Å². The first-order valence-corrected chi connectivity index (χ1v) is 14.3. The summed E-state index contributed by atoms with van der Waals surface area (Å²) in [5.74, 6) is -4.20. The molecule has 1 saturated heterocycles. The predicted octanol–water partition coefficient (Wildman–Crippen LogP) is 7.96. The van der Waals surface area contributed by atoms with Crippen LogP contribution in [0, 0.1) is 10.1 Å². The van der Waals surface area contributed by atoms with Crippen molar-refractivity contribution in [2.45, 2.75) is 45.6 Å². The fraction of sp³-hybridized carbons (Fsp3) is 0.333. The Balaban J connectivity index is 0.000000582. The molecule has 234 valence electrons. The molecule has 1 fully saturated rings. The van der Waals surface area contributed by atoms with Crippen LogP contribution < -0.4 is 14.8 Å². The Morgan fingerprint density at radius 3 is 2.27 bits per heavy atom. The molecular weight excluding hydrogens is 572 g/mol. The Kier molecular flexibility index (Phi) is 12.5. The molecule has 2 heterocycles. The lowest BCUT2D eigenvalue weighted by Crippen LogP contribution is -2.26. The molecule has 44 heavy (non-hydrogen) atoms. The minimum atomic E-state index is -3.86. The van der Waals surface area contributed by atoms with Gasteiger partial charge < -0.3 is 19.5 Å². The summed E-state index contributed by atoms with van der Waals surface area (Å²) < 4.78 is 46.1. The van der Waals surface area contributed by atoms with Gasteiger partial charge in [0.2, 0.25) is 5.78 Å². The maximum Gasteiger partial charge on any atom is 0.334 e. The van der Waals surface area contributed by atoms with Gasteiger partial charge in [-0.25, -0.2) is 4.98 Å². The third kappa shape index (κ3) is 8.25. The van der Waals surface area contributed by atoms with E-state index in [1.165, 1.54) is 63.8 Å². The highest BCUT2D eigenvalue weighted by atomic mass is 19.3.